The summed E-state index contributed by atoms with van der Waals surface area (Å²) < 4.78 is 5.75. The second kappa shape index (κ2) is 9.94. The van der Waals surface area contributed by atoms with Gasteiger partial charge in [0.25, 0.3) is 0 Å². The number of rotatable bonds is 6. The number of piperazine rings is 1. The van der Waals surface area contributed by atoms with Crippen LogP contribution in [0.3, 0.4) is 0 Å². The molecule has 0 atom stereocenters. The van der Waals surface area contributed by atoms with E-state index in [-0.39, 0.29) is 5.91 Å². The number of amides is 1. The highest BCUT2D eigenvalue weighted by molar-refractivity contribution is 6.32. The summed E-state index contributed by atoms with van der Waals surface area (Å²) in [5, 5.41) is 3.60. The van der Waals surface area contributed by atoms with Crippen molar-refractivity contribution in [1.29, 1.82) is 0 Å². The van der Waals surface area contributed by atoms with E-state index in [1.54, 1.807) is 17.2 Å². The fraction of sp³-hybridized carbons (Fsp3) is 0.160. The van der Waals surface area contributed by atoms with Crippen LogP contribution in [0.25, 0.3) is 11.0 Å². The molecule has 0 spiro atoms. The van der Waals surface area contributed by atoms with Gasteiger partial charge in [-0.2, -0.15) is 0 Å². The van der Waals surface area contributed by atoms with Crippen molar-refractivity contribution in [2.45, 2.75) is 0 Å². The van der Waals surface area contributed by atoms with Crippen LogP contribution in [-0.4, -0.2) is 56.9 Å². The predicted molar refractivity (Wildman–Crippen MR) is 135 cm³/mol. The first kappa shape index (κ1) is 22.5. The maximum absolute atomic E-state index is 11.9. The van der Waals surface area contributed by atoms with Gasteiger partial charge in [0.05, 0.1) is 17.4 Å². The minimum atomic E-state index is -0.0523. The topological polar surface area (TPSA) is 96.4 Å². The number of anilines is 3. The van der Waals surface area contributed by atoms with Crippen LogP contribution in [0.1, 0.15) is 0 Å². The summed E-state index contributed by atoms with van der Waals surface area (Å²) in [5.41, 5.74) is 1.96. The number of nitrogens with zero attached hydrogens (tertiary/aromatic N) is 6. The molecule has 10 heteroatoms. The first-order valence-corrected chi connectivity index (χ1v) is 11.4. The minimum Gasteiger partial charge on any atom is -0.438 e. The van der Waals surface area contributed by atoms with Crippen molar-refractivity contribution in [1.82, 2.24) is 24.8 Å². The highest BCUT2D eigenvalue weighted by Crippen LogP contribution is 2.31. The number of hydrogen-bond donors (Lipinski definition) is 1. The van der Waals surface area contributed by atoms with Crippen molar-refractivity contribution >= 4 is 45.9 Å². The van der Waals surface area contributed by atoms with Gasteiger partial charge in [0.2, 0.25) is 11.8 Å². The summed E-state index contributed by atoms with van der Waals surface area (Å²) >= 11 is 6.42. The molecular formula is C25H22ClN7O2. The molecule has 0 bridgehead atoms. The maximum atomic E-state index is 11.9. The molecule has 1 aliphatic rings. The number of para-hydroxylation sites is 1. The van der Waals surface area contributed by atoms with Gasteiger partial charge >= 0.3 is 0 Å². The molecule has 1 aromatic carbocycles. The Bertz CT molecular complexity index is 1380. The smallest absolute Gasteiger partial charge is 0.246 e. The fourth-order valence-corrected chi connectivity index (χ4v) is 3.99. The van der Waals surface area contributed by atoms with Crippen LogP contribution >= 0.6 is 11.6 Å². The molecule has 0 aliphatic carbocycles. The molecule has 5 rings (SSSR count). The molecule has 1 saturated heterocycles. The Labute approximate surface area is 207 Å². The lowest BCUT2D eigenvalue weighted by Crippen LogP contribution is -2.48. The number of halogens is 1. The third-order valence-electron chi connectivity index (χ3n) is 5.59. The van der Waals surface area contributed by atoms with Crippen LogP contribution in [0.5, 0.6) is 11.6 Å². The van der Waals surface area contributed by atoms with Crippen molar-refractivity contribution in [2.75, 3.05) is 36.4 Å². The molecular weight excluding hydrogens is 466 g/mol. The number of benzene rings is 1. The standard InChI is InChI=1S/C25H22ClN7O2/c1-2-22(34)33-12-10-32(11-13-33)21-9-8-20-23(31-21)24(29-16-28-20)30-17-14-19(26)25(27-15-17)35-18-6-4-3-5-7-18/h2-9,14-16H,1,10-13H2,(H,28,29,30). The molecule has 4 heterocycles. The third kappa shape index (κ3) is 4.99. The third-order valence-corrected chi connectivity index (χ3v) is 5.86. The van der Waals surface area contributed by atoms with Gasteiger partial charge < -0.3 is 19.9 Å². The van der Waals surface area contributed by atoms with Crippen LogP contribution in [0.2, 0.25) is 5.02 Å². The molecule has 0 radical (unpaired) electrons. The summed E-state index contributed by atoms with van der Waals surface area (Å²) in [7, 11) is 0. The molecule has 0 unspecified atom stereocenters. The minimum absolute atomic E-state index is 0.0523. The number of pyridine rings is 2. The Balaban J connectivity index is 1.35. The quantitative estimate of drug-likeness (QED) is 0.399. The lowest BCUT2D eigenvalue weighted by atomic mass is 10.2. The first-order chi connectivity index (χ1) is 17.1. The number of aromatic nitrogens is 4. The number of nitrogens with one attached hydrogen (secondary N) is 1. The highest BCUT2D eigenvalue weighted by atomic mass is 35.5. The van der Waals surface area contributed by atoms with Crippen LogP contribution in [0.4, 0.5) is 17.3 Å². The van der Waals surface area contributed by atoms with Crippen molar-refractivity contribution in [3.63, 3.8) is 0 Å². The van der Waals surface area contributed by atoms with E-state index < -0.39 is 0 Å². The van der Waals surface area contributed by atoms with Gasteiger partial charge in [0, 0.05) is 26.2 Å². The zero-order valence-electron chi connectivity index (χ0n) is 18.8. The van der Waals surface area contributed by atoms with Gasteiger partial charge in [-0.1, -0.05) is 36.4 Å². The van der Waals surface area contributed by atoms with E-state index in [2.05, 4.69) is 31.7 Å². The zero-order chi connectivity index (χ0) is 24.2. The fourth-order valence-electron chi connectivity index (χ4n) is 3.79. The molecule has 1 amide bonds. The van der Waals surface area contributed by atoms with E-state index in [1.807, 2.05) is 42.5 Å². The molecule has 176 valence electrons. The normalized spacial score (nSPS) is 13.5. The van der Waals surface area contributed by atoms with Crippen LogP contribution in [0, 0.1) is 0 Å². The molecule has 1 N–H and O–H groups in total. The highest BCUT2D eigenvalue weighted by Gasteiger charge is 2.21. The lowest BCUT2D eigenvalue weighted by molar-refractivity contribution is -0.126. The van der Waals surface area contributed by atoms with Gasteiger partial charge in [0.15, 0.2) is 5.82 Å². The van der Waals surface area contributed by atoms with Crippen molar-refractivity contribution in [2.24, 2.45) is 0 Å². The Hall–Kier alpha value is -4.24. The van der Waals surface area contributed by atoms with Crippen molar-refractivity contribution < 1.29 is 9.53 Å². The SMILES string of the molecule is C=CC(=O)N1CCN(c2ccc3ncnc(Nc4cnc(Oc5ccccc5)c(Cl)c4)c3n2)CC1. The van der Waals surface area contributed by atoms with Gasteiger partial charge in [0.1, 0.15) is 28.4 Å². The van der Waals surface area contributed by atoms with Gasteiger partial charge in [-0.15, -0.1) is 0 Å². The average molecular weight is 488 g/mol. The summed E-state index contributed by atoms with van der Waals surface area (Å²) in [6.07, 6.45) is 4.45. The van der Waals surface area contributed by atoms with Crippen molar-refractivity contribution in [3.05, 3.63) is 78.7 Å². The Morgan fingerprint density at radius 3 is 2.60 bits per heavy atom. The molecule has 1 aliphatic heterocycles. The second-order valence-corrected chi connectivity index (χ2v) is 8.23. The van der Waals surface area contributed by atoms with E-state index in [0.29, 0.717) is 65.4 Å². The summed E-state index contributed by atoms with van der Waals surface area (Å²) in [4.78, 5) is 33.7. The molecule has 4 aromatic rings. The van der Waals surface area contributed by atoms with Crippen LogP contribution in [-0.2, 0) is 4.79 Å². The van der Waals surface area contributed by atoms with Gasteiger partial charge in [-0.3, -0.25) is 4.79 Å². The largest absolute Gasteiger partial charge is 0.438 e. The molecule has 1 fully saturated rings. The molecule has 9 nitrogen and oxygen atoms in total. The Kier molecular flexibility index (Phi) is 6.40. The van der Waals surface area contributed by atoms with E-state index in [0.717, 1.165) is 5.82 Å². The van der Waals surface area contributed by atoms with E-state index in [1.165, 1.54) is 12.4 Å². The Morgan fingerprint density at radius 2 is 1.86 bits per heavy atom. The number of carbonyl (C=O) groups is 1. The number of hydrogen-bond acceptors (Lipinski definition) is 8. The maximum Gasteiger partial charge on any atom is 0.246 e. The summed E-state index contributed by atoms with van der Waals surface area (Å²) in [6.45, 7) is 6.14. The number of fused-ring (bicyclic) bond motifs is 1. The van der Waals surface area contributed by atoms with Crippen LogP contribution in [0.15, 0.2) is 73.7 Å². The van der Waals surface area contributed by atoms with Gasteiger partial charge in [-0.25, -0.2) is 19.9 Å². The monoisotopic (exact) mass is 487 g/mol. The van der Waals surface area contributed by atoms with Crippen LogP contribution < -0.4 is 15.0 Å². The molecule has 3 aromatic heterocycles. The number of carbonyl (C=O) groups excluding carboxylic acids is 1. The molecule has 35 heavy (non-hydrogen) atoms. The second-order valence-electron chi connectivity index (χ2n) is 7.83. The van der Waals surface area contributed by atoms with E-state index in [9.17, 15) is 4.79 Å². The lowest BCUT2D eigenvalue weighted by Gasteiger charge is -2.35. The van der Waals surface area contributed by atoms with Gasteiger partial charge in [-0.05, 0) is 36.4 Å². The predicted octanol–water partition coefficient (Wildman–Crippen LogP) is 4.44. The first-order valence-electron chi connectivity index (χ1n) is 11.0. The summed E-state index contributed by atoms with van der Waals surface area (Å²) in [5.74, 6) is 2.24. The van der Waals surface area contributed by atoms with E-state index >= 15 is 0 Å². The molecule has 0 saturated carbocycles. The van der Waals surface area contributed by atoms with Crippen molar-refractivity contribution in [3.8, 4) is 11.6 Å². The zero-order valence-corrected chi connectivity index (χ0v) is 19.5. The average Bonchev–Trinajstić information content (AvgIpc) is 2.90. The Morgan fingerprint density at radius 1 is 1.06 bits per heavy atom. The van der Waals surface area contributed by atoms with E-state index in [4.69, 9.17) is 21.3 Å². The summed E-state index contributed by atoms with van der Waals surface area (Å²) in [6, 6.07) is 14.9. The number of ether oxygens (including phenoxy) is 1.